The Kier molecular flexibility index (Phi) is 8.24. The Hall–Kier alpha value is -1.28. The fraction of sp³-hybridized carbons (Fsp3) is 0.545. The van der Waals surface area contributed by atoms with Gasteiger partial charge in [-0.05, 0) is 42.2 Å². The van der Waals surface area contributed by atoms with Crippen molar-refractivity contribution < 1.29 is 9.90 Å². The molecule has 1 amide bonds. The minimum Gasteiger partial charge on any atom is -0.508 e. The number of unbranched alkanes of at least 4 members (excludes halogenated alkanes) is 3. The molecule has 2 heterocycles. The standard InChI is InChI=1S/C22H30N2O2S3/c1-3-4-5-6-7-19-21(28-29-22(19)27)17-8-9-20(26)18(14-17)15-23-10-12-24(13-11-23)16(2)25/h8-9,14,26H,3-7,10-13,15H2,1-2H3. The molecule has 1 aromatic carbocycles. The second kappa shape index (κ2) is 10.7. The quantitative estimate of drug-likeness (QED) is 0.318. The van der Waals surface area contributed by atoms with Gasteiger partial charge in [0.25, 0.3) is 0 Å². The van der Waals surface area contributed by atoms with Gasteiger partial charge in [-0.1, -0.05) is 59.1 Å². The molecule has 0 unspecified atom stereocenters. The van der Waals surface area contributed by atoms with Gasteiger partial charge < -0.3 is 10.0 Å². The fourth-order valence-electron chi connectivity index (χ4n) is 3.75. The van der Waals surface area contributed by atoms with Crippen LogP contribution in [0.2, 0.25) is 0 Å². The molecule has 0 spiro atoms. The van der Waals surface area contributed by atoms with Gasteiger partial charge in [-0.25, -0.2) is 0 Å². The van der Waals surface area contributed by atoms with Gasteiger partial charge in [0, 0.05) is 45.2 Å². The smallest absolute Gasteiger partial charge is 0.219 e. The van der Waals surface area contributed by atoms with E-state index in [-0.39, 0.29) is 5.91 Å². The topological polar surface area (TPSA) is 43.8 Å². The number of amides is 1. The predicted molar refractivity (Wildman–Crippen MR) is 126 cm³/mol. The Morgan fingerprint density at radius 3 is 2.59 bits per heavy atom. The molecule has 0 aliphatic carbocycles. The molecular weight excluding hydrogens is 420 g/mol. The van der Waals surface area contributed by atoms with Crippen LogP contribution in [0.1, 0.15) is 50.7 Å². The van der Waals surface area contributed by atoms with Crippen LogP contribution in [-0.4, -0.2) is 47.0 Å². The van der Waals surface area contributed by atoms with Crippen LogP contribution in [0.15, 0.2) is 18.2 Å². The van der Waals surface area contributed by atoms with Crippen LogP contribution in [0.4, 0.5) is 0 Å². The maximum absolute atomic E-state index is 11.5. The average molecular weight is 451 g/mol. The first-order valence-corrected chi connectivity index (χ1v) is 13.0. The van der Waals surface area contributed by atoms with Gasteiger partial charge in [-0.2, -0.15) is 0 Å². The lowest BCUT2D eigenvalue weighted by atomic mass is 10.0. The highest BCUT2D eigenvalue weighted by Gasteiger charge is 2.20. The van der Waals surface area contributed by atoms with E-state index >= 15 is 0 Å². The first kappa shape index (κ1) is 22.4. The molecule has 1 N–H and O–H groups in total. The minimum absolute atomic E-state index is 0.139. The number of carbonyl (C=O) groups excluding carboxylic acids is 1. The van der Waals surface area contributed by atoms with E-state index in [0.29, 0.717) is 12.3 Å². The molecule has 1 fully saturated rings. The Labute approximate surface area is 186 Å². The Balaban J connectivity index is 1.73. The van der Waals surface area contributed by atoms with E-state index in [9.17, 15) is 9.90 Å². The van der Waals surface area contributed by atoms with E-state index in [4.69, 9.17) is 12.2 Å². The van der Waals surface area contributed by atoms with Crippen molar-refractivity contribution in [1.82, 2.24) is 9.80 Å². The summed E-state index contributed by atoms with van der Waals surface area (Å²) in [4.78, 5) is 17.0. The van der Waals surface area contributed by atoms with E-state index in [1.54, 1.807) is 27.6 Å². The third-order valence-corrected chi connectivity index (χ3v) is 8.75. The van der Waals surface area contributed by atoms with Gasteiger partial charge >= 0.3 is 0 Å². The van der Waals surface area contributed by atoms with E-state index < -0.39 is 0 Å². The molecule has 1 aliphatic heterocycles. The molecule has 3 rings (SSSR count). The molecule has 1 saturated heterocycles. The lowest BCUT2D eigenvalue weighted by molar-refractivity contribution is -0.130. The lowest BCUT2D eigenvalue weighted by Crippen LogP contribution is -2.47. The number of phenols is 1. The maximum Gasteiger partial charge on any atom is 0.219 e. The van der Waals surface area contributed by atoms with Gasteiger partial charge in [0.2, 0.25) is 5.91 Å². The number of nitrogens with zero attached hydrogens (tertiary/aromatic N) is 2. The molecule has 4 nitrogen and oxygen atoms in total. The summed E-state index contributed by atoms with van der Waals surface area (Å²) in [5.41, 5.74) is 3.40. The largest absolute Gasteiger partial charge is 0.508 e. The third kappa shape index (κ3) is 5.87. The van der Waals surface area contributed by atoms with Crippen molar-refractivity contribution in [2.75, 3.05) is 26.2 Å². The summed E-state index contributed by atoms with van der Waals surface area (Å²) >= 11 is 5.61. The van der Waals surface area contributed by atoms with Gasteiger partial charge in [-0.15, -0.1) is 0 Å². The highest BCUT2D eigenvalue weighted by Crippen LogP contribution is 2.37. The highest BCUT2D eigenvalue weighted by molar-refractivity contribution is 7.80. The number of aromatic hydroxyl groups is 1. The zero-order valence-corrected chi connectivity index (χ0v) is 19.7. The van der Waals surface area contributed by atoms with Gasteiger partial charge in [0.05, 0.1) is 4.88 Å². The van der Waals surface area contributed by atoms with Gasteiger partial charge in [0.15, 0.2) is 0 Å². The molecule has 0 atom stereocenters. The lowest BCUT2D eigenvalue weighted by Gasteiger charge is -2.34. The van der Waals surface area contributed by atoms with Gasteiger partial charge in [-0.3, -0.25) is 9.69 Å². The van der Waals surface area contributed by atoms with Crippen LogP contribution in [-0.2, 0) is 17.8 Å². The number of carbonyl (C=O) groups is 1. The van der Waals surface area contributed by atoms with Crippen LogP contribution < -0.4 is 0 Å². The zero-order valence-electron chi connectivity index (χ0n) is 17.3. The van der Waals surface area contributed by atoms with Crippen molar-refractivity contribution in [3.63, 3.8) is 0 Å². The van der Waals surface area contributed by atoms with Crippen molar-refractivity contribution in [1.29, 1.82) is 0 Å². The molecule has 0 bridgehead atoms. The first-order chi connectivity index (χ1) is 14.0. The molecule has 1 aromatic heterocycles. The van der Waals surface area contributed by atoms with Crippen LogP contribution in [0.3, 0.4) is 0 Å². The molecule has 0 saturated carbocycles. The summed E-state index contributed by atoms with van der Waals surface area (Å²) in [6, 6.07) is 5.94. The van der Waals surface area contributed by atoms with Crippen molar-refractivity contribution in [2.24, 2.45) is 0 Å². The normalized spacial score (nSPS) is 15.0. The van der Waals surface area contributed by atoms with E-state index in [1.807, 2.05) is 17.0 Å². The Bertz CT molecular complexity index is 882. The SMILES string of the molecule is CCCCCCc1c(-c2ccc(O)c(CN3CCN(C(C)=O)CC3)c2)ssc1=S. The molecular formula is C22H30N2O2S3. The molecule has 2 aromatic rings. The average Bonchev–Trinajstić information content (AvgIpc) is 3.08. The van der Waals surface area contributed by atoms with Crippen LogP contribution >= 0.6 is 32.9 Å². The van der Waals surface area contributed by atoms with E-state index in [1.165, 1.54) is 36.1 Å². The van der Waals surface area contributed by atoms with Crippen LogP contribution in [0.25, 0.3) is 10.4 Å². The zero-order chi connectivity index (χ0) is 20.8. The molecule has 7 heteroatoms. The number of hydrogen-bond acceptors (Lipinski definition) is 6. The van der Waals surface area contributed by atoms with Crippen LogP contribution in [0, 0.1) is 3.82 Å². The number of phenolic OH excluding ortho intramolecular Hbond substituents is 1. The number of rotatable bonds is 8. The van der Waals surface area contributed by atoms with Crippen molar-refractivity contribution in [3.8, 4) is 16.2 Å². The summed E-state index contributed by atoms with van der Waals surface area (Å²) < 4.78 is 1.01. The Morgan fingerprint density at radius 2 is 1.90 bits per heavy atom. The summed E-state index contributed by atoms with van der Waals surface area (Å²) in [5.74, 6) is 0.477. The maximum atomic E-state index is 11.5. The summed E-state index contributed by atoms with van der Waals surface area (Å²) in [6.07, 6.45) is 5.98. The highest BCUT2D eigenvalue weighted by atomic mass is 32.9. The summed E-state index contributed by atoms with van der Waals surface area (Å²) in [5, 5.41) is 10.4. The van der Waals surface area contributed by atoms with E-state index in [0.717, 1.165) is 47.6 Å². The second-order valence-electron chi connectivity index (χ2n) is 7.70. The molecule has 1 aliphatic rings. The second-order valence-corrected chi connectivity index (χ2v) is 10.5. The van der Waals surface area contributed by atoms with E-state index in [2.05, 4.69) is 17.9 Å². The predicted octanol–water partition coefficient (Wildman–Crippen LogP) is 5.70. The number of piperazine rings is 1. The van der Waals surface area contributed by atoms with Crippen molar-refractivity contribution in [2.45, 2.75) is 52.5 Å². The first-order valence-electron chi connectivity index (χ1n) is 10.4. The monoisotopic (exact) mass is 450 g/mol. The Morgan fingerprint density at radius 1 is 1.14 bits per heavy atom. The molecule has 29 heavy (non-hydrogen) atoms. The summed E-state index contributed by atoms with van der Waals surface area (Å²) in [6.45, 7) is 7.74. The van der Waals surface area contributed by atoms with Crippen molar-refractivity contribution >= 4 is 38.8 Å². The molecule has 0 radical (unpaired) electrons. The minimum atomic E-state index is 0.139. The number of benzene rings is 1. The van der Waals surface area contributed by atoms with Gasteiger partial charge in [0.1, 0.15) is 9.57 Å². The van der Waals surface area contributed by atoms with Crippen molar-refractivity contribution in [3.05, 3.63) is 33.1 Å². The molecule has 158 valence electrons. The fourth-order valence-corrected chi connectivity index (χ4v) is 6.75. The number of hydrogen-bond donors (Lipinski definition) is 1. The van der Waals surface area contributed by atoms with Crippen LogP contribution in [0.5, 0.6) is 5.75 Å². The third-order valence-electron chi connectivity index (χ3n) is 5.55. The summed E-state index contributed by atoms with van der Waals surface area (Å²) in [7, 11) is 3.44.